The number of carbonyl (C=O) groups is 1. The predicted octanol–water partition coefficient (Wildman–Crippen LogP) is 2.90. The van der Waals surface area contributed by atoms with Crippen molar-refractivity contribution in [2.45, 2.75) is 24.5 Å². The molecular formula is C17H17ClFNO5S. The quantitative estimate of drug-likeness (QED) is 0.721. The van der Waals surface area contributed by atoms with Crippen molar-refractivity contribution in [3.05, 3.63) is 58.9 Å². The van der Waals surface area contributed by atoms with E-state index in [0.29, 0.717) is 10.6 Å². The monoisotopic (exact) mass is 401 g/mol. The van der Waals surface area contributed by atoms with Crippen molar-refractivity contribution in [3.8, 4) is 5.75 Å². The van der Waals surface area contributed by atoms with E-state index in [4.69, 9.17) is 21.1 Å². The summed E-state index contributed by atoms with van der Waals surface area (Å²) in [5.41, 5.74) is 0.407. The minimum absolute atomic E-state index is 0.0289. The molecule has 9 heteroatoms. The molecule has 1 atom stereocenters. The maximum Gasteiger partial charge on any atom is 0.324 e. The number of hydrogen-bond acceptors (Lipinski definition) is 5. The van der Waals surface area contributed by atoms with Gasteiger partial charge in [-0.15, -0.1) is 0 Å². The number of halogens is 2. The van der Waals surface area contributed by atoms with Crippen LogP contribution in [0.4, 0.5) is 4.39 Å². The van der Waals surface area contributed by atoms with E-state index in [1.54, 1.807) is 0 Å². The molecule has 0 saturated carbocycles. The van der Waals surface area contributed by atoms with E-state index in [1.165, 1.54) is 56.5 Å². The van der Waals surface area contributed by atoms with Gasteiger partial charge in [0.15, 0.2) is 11.6 Å². The molecular weight excluding hydrogens is 385 g/mol. The van der Waals surface area contributed by atoms with Gasteiger partial charge >= 0.3 is 5.97 Å². The summed E-state index contributed by atoms with van der Waals surface area (Å²) in [7, 11) is -2.57. The average Bonchev–Trinajstić information content (AvgIpc) is 2.59. The second-order valence-electron chi connectivity index (χ2n) is 5.37. The predicted molar refractivity (Wildman–Crippen MR) is 94.0 cm³/mol. The zero-order valence-electron chi connectivity index (χ0n) is 14.0. The third kappa shape index (κ3) is 5.17. The number of sulfonamides is 1. The fraction of sp³-hybridized carbons (Fsp3) is 0.235. The molecule has 2 aromatic carbocycles. The Morgan fingerprint density at radius 1 is 1.23 bits per heavy atom. The minimum Gasteiger partial charge on any atom is -0.494 e. The van der Waals surface area contributed by atoms with Gasteiger partial charge in [0.05, 0.1) is 12.0 Å². The summed E-state index contributed by atoms with van der Waals surface area (Å²) in [4.78, 5) is 12.0. The van der Waals surface area contributed by atoms with Crippen molar-refractivity contribution in [2.75, 3.05) is 7.11 Å². The first-order valence-electron chi connectivity index (χ1n) is 7.50. The van der Waals surface area contributed by atoms with Crippen LogP contribution >= 0.6 is 11.6 Å². The highest BCUT2D eigenvalue weighted by molar-refractivity contribution is 7.89. The van der Waals surface area contributed by atoms with Crippen molar-refractivity contribution >= 4 is 27.6 Å². The second-order valence-corrected chi connectivity index (χ2v) is 7.52. The Bertz CT molecular complexity index is 887. The summed E-state index contributed by atoms with van der Waals surface area (Å²) in [6.07, 6.45) is 0. The maximum atomic E-state index is 13.6. The van der Waals surface area contributed by atoms with Crippen molar-refractivity contribution in [1.29, 1.82) is 0 Å². The highest BCUT2D eigenvalue weighted by atomic mass is 35.5. The topological polar surface area (TPSA) is 81.7 Å². The number of methoxy groups -OCH3 is 1. The molecule has 0 aliphatic rings. The van der Waals surface area contributed by atoms with Gasteiger partial charge in [-0.25, -0.2) is 12.8 Å². The van der Waals surface area contributed by atoms with Crippen molar-refractivity contribution in [3.63, 3.8) is 0 Å². The maximum absolute atomic E-state index is 13.6. The average molecular weight is 402 g/mol. The Kier molecular flexibility index (Phi) is 6.57. The largest absolute Gasteiger partial charge is 0.494 e. The number of benzene rings is 2. The normalized spacial score (nSPS) is 12.5. The number of rotatable bonds is 7. The summed E-state index contributed by atoms with van der Waals surface area (Å²) < 4.78 is 50.1. The molecule has 2 aromatic rings. The van der Waals surface area contributed by atoms with Crippen LogP contribution < -0.4 is 9.46 Å². The molecule has 0 aromatic heterocycles. The van der Waals surface area contributed by atoms with Gasteiger partial charge in [0, 0.05) is 5.02 Å². The highest BCUT2D eigenvalue weighted by Crippen LogP contribution is 2.18. The summed E-state index contributed by atoms with van der Waals surface area (Å²) >= 11 is 5.72. The van der Waals surface area contributed by atoms with Crippen LogP contribution in [0.2, 0.25) is 5.02 Å². The van der Waals surface area contributed by atoms with E-state index in [1.807, 2.05) is 0 Å². The Hall–Kier alpha value is -2.16. The van der Waals surface area contributed by atoms with E-state index < -0.39 is 27.9 Å². The van der Waals surface area contributed by atoms with Crippen LogP contribution in [0.3, 0.4) is 0 Å². The van der Waals surface area contributed by atoms with E-state index in [2.05, 4.69) is 4.72 Å². The molecule has 140 valence electrons. The Labute approximate surface area is 155 Å². The molecule has 0 aliphatic heterocycles. The number of ether oxygens (including phenoxy) is 2. The third-order valence-corrected chi connectivity index (χ3v) is 5.22. The first-order chi connectivity index (χ1) is 12.2. The van der Waals surface area contributed by atoms with Gasteiger partial charge in [-0.1, -0.05) is 17.7 Å². The summed E-state index contributed by atoms with van der Waals surface area (Å²) in [5.74, 6) is -1.31. The van der Waals surface area contributed by atoms with Crippen molar-refractivity contribution in [1.82, 2.24) is 4.72 Å². The molecule has 2 rings (SSSR count). The minimum atomic E-state index is -3.91. The van der Waals surface area contributed by atoms with Crippen LogP contribution in [0.5, 0.6) is 5.75 Å². The standard InChI is InChI=1S/C17H17ClFNO5S/c1-11(20-26(22,23)14-6-4-13(18)5-7-14)17(21)25-10-12-3-8-16(24-2)15(19)9-12/h3-9,11,20H,10H2,1-2H3. The summed E-state index contributed by atoms with van der Waals surface area (Å²) in [6.45, 7) is 1.15. The molecule has 0 bridgehead atoms. The molecule has 0 amide bonds. The zero-order chi connectivity index (χ0) is 19.3. The molecule has 0 spiro atoms. The third-order valence-electron chi connectivity index (χ3n) is 3.41. The van der Waals surface area contributed by atoms with Gasteiger partial charge in [-0.05, 0) is 48.9 Å². The molecule has 1 N–H and O–H groups in total. The van der Waals surface area contributed by atoms with E-state index in [9.17, 15) is 17.6 Å². The number of esters is 1. The number of hydrogen-bond donors (Lipinski definition) is 1. The first-order valence-corrected chi connectivity index (χ1v) is 9.36. The van der Waals surface area contributed by atoms with Gasteiger partial charge < -0.3 is 9.47 Å². The first kappa shape index (κ1) is 20.2. The number of nitrogens with one attached hydrogen (secondary N) is 1. The van der Waals surface area contributed by atoms with Crippen LogP contribution in [0, 0.1) is 5.82 Å². The summed E-state index contributed by atoms with van der Waals surface area (Å²) in [5, 5.41) is 0.392. The zero-order valence-corrected chi connectivity index (χ0v) is 15.6. The van der Waals surface area contributed by atoms with Crippen LogP contribution in [-0.4, -0.2) is 27.5 Å². The lowest BCUT2D eigenvalue weighted by Crippen LogP contribution is -2.39. The molecule has 1 unspecified atom stereocenters. The smallest absolute Gasteiger partial charge is 0.324 e. The van der Waals surface area contributed by atoms with Crippen molar-refractivity contribution in [2.24, 2.45) is 0 Å². The van der Waals surface area contributed by atoms with Crippen LogP contribution in [0.1, 0.15) is 12.5 Å². The number of carbonyl (C=O) groups excluding carboxylic acids is 1. The van der Waals surface area contributed by atoms with Crippen molar-refractivity contribution < 1.29 is 27.1 Å². The van der Waals surface area contributed by atoms with E-state index in [-0.39, 0.29) is 17.3 Å². The van der Waals surface area contributed by atoms with Gasteiger partial charge in [0.1, 0.15) is 12.6 Å². The molecule has 0 heterocycles. The van der Waals surface area contributed by atoms with E-state index in [0.717, 1.165) is 0 Å². The van der Waals surface area contributed by atoms with Crippen LogP contribution in [0.15, 0.2) is 47.4 Å². The lowest BCUT2D eigenvalue weighted by molar-refractivity contribution is -0.146. The molecule has 0 fully saturated rings. The van der Waals surface area contributed by atoms with Gasteiger partial charge in [0.25, 0.3) is 0 Å². The highest BCUT2D eigenvalue weighted by Gasteiger charge is 2.23. The Morgan fingerprint density at radius 2 is 1.88 bits per heavy atom. The SMILES string of the molecule is COc1ccc(COC(=O)C(C)NS(=O)(=O)c2ccc(Cl)cc2)cc1F. The van der Waals surface area contributed by atoms with Gasteiger partial charge in [-0.3, -0.25) is 4.79 Å². The molecule has 26 heavy (non-hydrogen) atoms. The fourth-order valence-electron chi connectivity index (χ4n) is 2.04. The Morgan fingerprint density at radius 3 is 2.46 bits per heavy atom. The molecule has 6 nitrogen and oxygen atoms in total. The van der Waals surface area contributed by atoms with Gasteiger partial charge in [0.2, 0.25) is 10.0 Å². The van der Waals surface area contributed by atoms with Crippen LogP contribution in [0.25, 0.3) is 0 Å². The molecule has 0 radical (unpaired) electrons. The molecule has 0 saturated heterocycles. The lowest BCUT2D eigenvalue weighted by atomic mass is 10.2. The molecule has 0 aliphatic carbocycles. The van der Waals surface area contributed by atoms with Gasteiger partial charge in [-0.2, -0.15) is 4.72 Å². The second kappa shape index (κ2) is 8.48. The summed E-state index contributed by atoms with van der Waals surface area (Å²) in [6, 6.07) is 8.50. The Balaban J connectivity index is 1.96. The fourth-order valence-corrected chi connectivity index (χ4v) is 3.36. The van der Waals surface area contributed by atoms with E-state index >= 15 is 0 Å². The van der Waals surface area contributed by atoms with Crippen LogP contribution in [-0.2, 0) is 26.2 Å². The lowest BCUT2D eigenvalue weighted by Gasteiger charge is -2.14.